The molecule has 194 valence electrons. The second-order valence-electron chi connectivity index (χ2n) is 8.51. The van der Waals surface area contributed by atoms with Gasteiger partial charge < -0.3 is 28.7 Å². The van der Waals surface area contributed by atoms with Crippen molar-refractivity contribution >= 4 is 24.1 Å². The summed E-state index contributed by atoms with van der Waals surface area (Å²) in [5.74, 6) is 2.89. The van der Waals surface area contributed by atoms with E-state index < -0.39 is 0 Å². The summed E-state index contributed by atoms with van der Waals surface area (Å²) >= 11 is 0. The van der Waals surface area contributed by atoms with Crippen molar-refractivity contribution in [2.45, 2.75) is 6.61 Å². The Morgan fingerprint density at radius 1 is 0.865 bits per heavy atom. The number of methoxy groups -OCH3 is 1. The number of aromatic nitrogens is 3. The zero-order valence-electron chi connectivity index (χ0n) is 20.9. The van der Waals surface area contributed by atoms with Gasteiger partial charge in [0.25, 0.3) is 0 Å². The molecule has 2 fully saturated rings. The van der Waals surface area contributed by atoms with Crippen molar-refractivity contribution in [3.63, 3.8) is 0 Å². The van der Waals surface area contributed by atoms with Crippen LogP contribution in [0, 0.1) is 0 Å². The molecule has 3 aromatic rings. The lowest BCUT2D eigenvalue weighted by atomic mass is 10.2. The molecule has 3 heterocycles. The Morgan fingerprint density at radius 3 is 2.14 bits per heavy atom. The minimum Gasteiger partial charge on any atom is -0.493 e. The van der Waals surface area contributed by atoms with E-state index in [1.165, 1.54) is 0 Å². The highest BCUT2D eigenvalue weighted by Gasteiger charge is 2.20. The smallest absolute Gasteiger partial charge is 0.250 e. The van der Waals surface area contributed by atoms with Crippen LogP contribution in [0.4, 0.5) is 17.8 Å². The van der Waals surface area contributed by atoms with Crippen LogP contribution >= 0.6 is 0 Å². The SMILES string of the molecule is COc1ccc(/C=N/Nc2nc(N3CCOCC3)nc(N3CCOCC3)n2)cc1OCc1ccccc1. The highest BCUT2D eigenvalue weighted by Crippen LogP contribution is 2.28. The molecule has 0 radical (unpaired) electrons. The average molecular weight is 506 g/mol. The van der Waals surface area contributed by atoms with Gasteiger partial charge in [0.2, 0.25) is 17.8 Å². The summed E-state index contributed by atoms with van der Waals surface area (Å²) in [5.41, 5.74) is 4.89. The molecule has 11 heteroatoms. The van der Waals surface area contributed by atoms with E-state index in [2.05, 4.69) is 30.3 Å². The number of ether oxygens (including phenoxy) is 4. The molecule has 0 atom stereocenters. The molecule has 0 unspecified atom stereocenters. The first-order chi connectivity index (χ1) is 18.3. The van der Waals surface area contributed by atoms with E-state index >= 15 is 0 Å². The van der Waals surface area contributed by atoms with E-state index in [1.807, 2.05) is 48.5 Å². The van der Waals surface area contributed by atoms with Crippen LogP contribution in [0.1, 0.15) is 11.1 Å². The Morgan fingerprint density at radius 2 is 1.51 bits per heavy atom. The predicted molar refractivity (Wildman–Crippen MR) is 141 cm³/mol. The van der Waals surface area contributed by atoms with Crippen molar-refractivity contribution in [2.75, 3.05) is 74.9 Å². The van der Waals surface area contributed by atoms with Crippen LogP contribution in [-0.4, -0.2) is 80.9 Å². The number of hydrazone groups is 1. The number of hydrogen-bond donors (Lipinski definition) is 1. The predicted octanol–water partition coefficient (Wildman–Crippen LogP) is 2.58. The van der Waals surface area contributed by atoms with E-state index in [-0.39, 0.29) is 0 Å². The lowest BCUT2D eigenvalue weighted by molar-refractivity contribution is 0.121. The topological polar surface area (TPSA) is 106 Å². The Labute approximate surface area is 216 Å². The van der Waals surface area contributed by atoms with E-state index in [9.17, 15) is 0 Å². The molecule has 0 spiro atoms. The van der Waals surface area contributed by atoms with Gasteiger partial charge in [-0.15, -0.1) is 0 Å². The molecule has 5 rings (SSSR count). The summed E-state index contributed by atoms with van der Waals surface area (Å²) in [6, 6.07) is 15.6. The zero-order chi connectivity index (χ0) is 25.3. The van der Waals surface area contributed by atoms with Crippen LogP contribution in [0.2, 0.25) is 0 Å². The van der Waals surface area contributed by atoms with Gasteiger partial charge >= 0.3 is 0 Å². The molecular formula is C26H31N7O4. The summed E-state index contributed by atoms with van der Waals surface area (Å²) in [5, 5.41) is 4.39. The van der Waals surface area contributed by atoms with Crippen molar-refractivity contribution in [3.8, 4) is 11.5 Å². The Bertz CT molecular complexity index is 1150. The molecule has 0 saturated carbocycles. The van der Waals surface area contributed by atoms with Gasteiger partial charge in [-0.3, -0.25) is 0 Å². The molecule has 11 nitrogen and oxygen atoms in total. The maximum atomic E-state index is 6.01. The first kappa shape index (κ1) is 24.7. The van der Waals surface area contributed by atoms with Crippen LogP contribution in [0.5, 0.6) is 11.5 Å². The summed E-state index contributed by atoms with van der Waals surface area (Å²) in [6.07, 6.45) is 1.70. The molecule has 1 aromatic heterocycles. The van der Waals surface area contributed by atoms with Gasteiger partial charge in [0.05, 0.1) is 39.8 Å². The molecule has 1 N–H and O–H groups in total. The van der Waals surface area contributed by atoms with Crippen molar-refractivity contribution in [2.24, 2.45) is 5.10 Å². The number of nitrogens with zero attached hydrogens (tertiary/aromatic N) is 6. The number of benzene rings is 2. The molecule has 0 aliphatic carbocycles. The molecule has 2 aliphatic rings. The number of nitrogens with one attached hydrogen (secondary N) is 1. The Kier molecular flexibility index (Phi) is 8.24. The summed E-state index contributed by atoms with van der Waals surface area (Å²) in [6.45, 7) is 5.93. The first-order valence-corrected chi connectivity index (χ1v) is 12.3. The summed E-state index contributed by atoms with van der Waals surface area (Å²) in [4.78, 5) is 18.1. The van der Waals surface area contributed by atoms with Gasteiger partial charge in [-0.25, -0.2) is 5.43 Å². The third-order valence-electron chi connectivity index (χ3n) is 6.00. The van der Waals surface area contributed by atoms with Crippen LogP contribution in [0.15, 0.2) is 53.6 Å². The van der Waals surface area contributed by atoms with Crippen molar-refractivity contribution < 1.29 is 18.9 Å². The highest BCUT2D eigenvalue weighted by atomic mass is 16.5. The molecule has 2 aliphatic heterocycles. The van der Waals surface area contributed by atoms with Crippen molar-refractivity contribution in [3.05, 3.63) is 59.7 Å². The van der Waals surface area contributed by atoms with Crippen molar-refractivity contribution in [1.29, 1.82) is 0 Å². The molecule has 37 heavy (non-hydrogen) atoms. The highest BCUT2D eigenvalue weighted by molar-refractivity contribution is 5.81. The van der Waals surface area contributed by atoms with Crippen LogP contribution in [0.25, 0.3) is 0 Å². The quantitative estimate of drug-likeness (QED) is 0.344. The van der Waals surface area contributed by atoms with Gasteiger partial charge in [-0.2, -0.15) is 20.1 Å². The monoisotopic (exact) mass is 505 g/mol. The van der Waals surface area contributed by atoms with E-state index in [0.29, 0.717) is 62.4 Å². The second kappa shape index (κ2) is 12.3. The summed E-state index contributed by atoms with van der Waals surface area (Å²) in [7, 11) is 1.62. The van der Waals surface area contributed by atoms with Crippen LogP contribution in [-0.2, 0) is 16.1 Å². The summed E-state index contributed by atoms with van der Waals surface area (Å²) < 4.78 is 22.4. The average Bonchev–Trinajstić information content (AvgIpc) is 2.97. The Balaban J connectivity index is 1.31. The lowest BCUT2D eigenvalue weighted by Crippen LogP contribution is -2.40. The standard InChI is InChI=1S/C26H31N7O4/c1-34-22-8-7-21(17-23(22)37-19-20-5-3-2-4-6-20)18-27-31-24-28-25(32-9-13-35-14-10-32)30-26(29-24)33-11-15-36-16-12-33/h2-8,17-18H,9-16,19H2,1H3,(H,28,29,30,31)/b27-18+. The van der Waals surface area contributed by atoms with E-state index in [4.69, 9.17) is 23.9 Å². The second-order valence-corrected chi connectivity index (χ2v) is 8.51. The minimum atomic E-state index is 0.378. The molecule has 2 saturated heterocycles. The maximum absolute atomic E-state index is 6.01. The van der Waals surface area contributed by atoms with E-state index in [1.54, 1.807) is 13.3 Å². The van der Waals surface area contributed by atoms with Crippen LogP contribution in [0.3, 0.4) is 0 Å². The zero-order valence-corrected chi connectivity index (χ0v) is 20.9. The van der Waals surface area contributed by atoms with Gasteiger partial charge in [0.1, 0.15) is 6.61 Å². The fourth-order valence-corrected chi connectivity index (χ4v) is 4.00. The van der Waals surface area contributed by atoms with Crippen molar-refractivity contribution in [1.82, 2.24) is 15.0 Å². The van der Waals surface area contributed by atoms with Gasteiger partial charge in [-0.05, 0) is 29.3 Å². The first-order valence-electron chi connectivity index (χ1n) is 12.3. The molecule has 2 aromatic carbocycles. The number of anilines is 3. The van der Waals surface area contributed by atoms with Gasteiger partial charge in [-0.1, -0.05) is 30.3 Å². The van der Waals surface area contributed by atoms with E-state index in [0.717, 1.165) is 37.3 Å². The minimum absolute atomic E-state index is 0.378. The lowest BCUT2D eigenvalue weighted by Gasteiger charge is -2.30. The third kappa shape index (κ3) is 6.63. The number of hydrogen-bond acceptors (Lipinski definition) is 11. The Hall–Kier alpha value is -3.96. The van der Waals surface area contributed by atoms with Gasteiger partial charge in [0.15, 0.2) is 11.5 Å². The van der Waals surface area contributed by atoms with Gasteiger partial charge in [0, 0.05) is 26.2 Å². The fraction of sp³-hybridized carbons (Fsp3) is 0.385. The molecular weight excluding hydrogens is 474 g/mol. The fourth-order valence-electron chi connectivity index (χ4n) is 4.00. The van der Waals surface area contributed by atoms with Crippen LogP contribution < -0.4 is 24.7 Å². The molecule has 0 bridgehead atoms. The largest absolute Gasteiger partial charge is 0.493 e. The maximum Gasteiger partial charge on any atom is 0.250 e. The molecule has 0 amide bonds. The number of rotatable bonds is 9. The third-order valence-corrected chi connectivity index (χ3v) is 6.00. The normalized spacial score (nSPS) is 16.1. The number of morpholine rings is 2.